The summed E-state index contributed by atoms with van der Waals surface area (Å²) in [7, 11) is 1.60. The number of ether oxygens (including phenoxy) is 1. The molecule has 0 aliphatic heterocycles. The van der Waals surface area contributed by atoms with Crippen molar-refractivity contribution in [1.82, 2.24) is 9.36 Å². The number of methoxy groups -OCH3 is 1. The van der Waals surface area contributed by atoms with Gasteiger partial charge in [0.15, 0.2) is 5.82 Å². The Morgan fingerprint density at radius 1 is 1.50 bits per heavy atom. The van der Waals surface area contributed by atoms with E-state index in [1.54, 1.807) is 25.1 Å². The largest absolute Gasteiger partial charge is 0.481 e. The lowest BCUT2D eigenvalue weighted by atomic mass is 10.3. The standard InChI is InChI=1S/C11H14N4OS2/c1-16-8-4-3-7(5-13-8)6-14-11-9(17-2)10(12)15-18-11/h3-5,14H,6H2,1-2H3,(H2,12,15). The number of nitrogens with two attached hydrogens (primary N) is 1. The fourth-order valence-electron chi connectivity index (χ4n) is 1.42. The number of nitrogens with zero attached hydrogens (tertiary/aromatic N) is 2. The highest BCUT2D eigenvalue weighted by Gasteiger charge is 2.09. The van der Waals surface area contributed by atoms with Crippen LogP contribution >= 0.6 is 23.3 Å². The van der Waals surface area contributed by atoms with E-state index in [9.17, 15) is 0 Å². The number of hydrogen-bond acceptors (Lipinski definition) is 7. The van der Waals surface area contributed by atoms with Gasteiger partial charge in [-0.3, -0.25) is 0 Å². The number of hydrogen-bond donors (Lipinski definition) is 2. The van der Waals surface area contributed by atoms with Gasteiger partial charge in [-0.2, -0.15) is 4.37 Å². The molecule has 0 radical (unpaired) electrons. The summed E-state index contributed by atoms with van der Waals surface area (Å²) in [4.78, 5) is 5.15. The Bertz CT molecular complexity index is 512. The molecule has 2 aromatic heterocycles. The fourth-order valence-corrected chi connectivity index (χ4v) is 2.96. The van der Waals surface area contributed by atoms with E-state index in [0.717, 1.165) is 15.5 Å². The Morgan fingerprint density at radius 3 is 2.94 bits per heavy atom. The summed E-state index contributed by atoms with van der Waals surface area (Å²) in [5.41, 5.74) is 6.85. The molecule has 0 unspecified atom stereocenters. The predicted molar refractivity (Wildman–Crippen MR) is 76.4 cm³/mol. The van der Waals surface area contributed by atoms with Crippen molar-refractivity contribution in [3.05, 3.63) is 23.9 Å². The van der Waals surface area contributed by atoms with E-state index in [1.165, 1.54) is 11.5 Å². The number of anilines is 2. The van der Waals surface area contributed by atoms with Crippen molar-refractivity contribution < 1.29 is 4.74 Å². The Morgan fingerprint density at radius 2 is 2.33 bits per heavy atom. The van der Waals surface area contributed by atoms with Gasteiger partial charge in [0, 0.05) is 18.8 Å². The van der Waals surface area contributed by atoms with Crippen LogP contribution in [0.5, 0.6) is 5.88 Å². The van der Waals surface area contributed by atoms with Crippen LogP contribution in [0.2, 0.25) is 0 Å². The Hall–Kier alpha value is -1.47. The lowest BCUT2D eigenvalue weighted by Crippen LogP contribution is -2.00. The van der Waals surface area contributed by atoms with Gasteiger partial charge >= 0.3 is 0 Å². The second-order valence-corrected chi connectivity index (χ2v) is 5.08. The molecule has 0 fully saturated rings. The average Bonchev–Trinajstić information content (AvgIpc) is 2.77. The van der Waals surface area contributed by atoms with Gasteiger partial charge in [-0.15, -0.1) is 11.8 Å². The normalized spacial score (nSPS) is 10.3. The SMILES string of the molecule is COc1ccc(CNc2snc(N)c2SC)cn1. The minimum atomic E-state index is 0.586. The summed E-state index contributed by atoms with van der Waals surface area (Å²) in [6, 6.07) is 3.81. The quantitative estimate of drug-likeness (QED) is 0.821. The van der Waals surface area contributed by atoms with Gasteiger partial charge < -0.3 is 15.8 Å². The van der Waals surface area contributed by atoms with Crippen LogP contribution in [0.15, 0.2) is 23.2 Å². The highest BCUT2D eigenvalue weighted by Crippen LogP contribution is 2.34. The molecule has 0 bridgehead atoms. The van der Waals surface area contributed by atoms with Crippen LogP contribution < -0.4 is 15.8 Å². The average molecular weight is 282 g/mol. The second kappa shape index (κ2) is 5.92. The molecule has 0 atom stereocenters. The van der Waals surface area contributed by atoms with Gasteiger partial charge in [0.25, 0.3) is 0 Å². The zero-order chi connectivity index (χ0) is 13.0. The minimum absolute atomic E-state index is 0.586. The summed E-state index contributed by atoms with van der Waals surface area (Å²) in [6.07, 6.45) is 3.77. The molecule has 0 saturated carbocycles. The van der Waals surface area contributed by atoms with Crippen molar-refractivity contribution in [2.45, 2.75) is 11.4 Å². The van der Waals surface area contributed by atoms with E-state index < -0.39 is 0 Å². The maximum absolute atomic E-state index is 5.77. The van der Waals surface area contributed by atoms with Gasteiger partial charge in [-0.05, 0) is 23.4 Å². The summed E-state index contributed by atoms with van der Waals surface area (Å²) in [6.45, 7) is 0.687. The van der Waals surface area contributed by atoms with Gasteiger partial charge in [0.2, 0.25) is 5.88 Å². The topological polar surface area (TPSA) is 73.1 Å². The van der Waals surface area contributed by atoms with Crippen LogP contribution in [0.3, 0.4) is 0 Å². The first-order chi connectivity index (χ1) is 8.74. The van der Waals surface area contributed by atoms with Crippen molar-refractivity contribution in [1.29, 1.82) is 0 Å². The van der Waals surface area contributed by atoms with Crippen molar-refractivity contribution in [3.8, 4) is 5.88 Å². The van der Waals surface area contributed by atoms with Gasteiger partial charge in [-0.25, -0.2) is 4.98 Å². The lowest BCUT2D eigenvalue weighted by molar-refractivity contribution is 0.397. The van der Waals surface area contributed by atoms with E-state index in [4.69, 9.17) is 10.5 Å². The molecule has 96 valence electrons. The van der Waals surface area contributed by atoms with Gasteiger partial charge in [0.1, 0.15) is 5.00 Å². The van der Waals surface area contributed by atoms with E-state index >= 15 is 0 Å². The molecule has 2 aromatic rings. The maximum Gasteiger partial charge on any atom is 0.212 e. The number of nitrogen functional groups attached to an aromatic ring is 1. The highest BCUT2D eigenvalue weighted by molar-refractivity contribution is 7.99. The number of pyridine rings is 1. The van der Waals surface area contributed by atoms with Crippen LogP contribution in [0.1, 0.15) is 5.56 Å². The second-order valence-electron chi connectivity index (χ2n) is 3.49. The number of thioether (sulfide) groups is 1. The first-order valence-corrected chi connectivity index (χ1v) is 7.26. The molecule has 18 heavy (non-hydrogen) atoms. The van der Waals surface area contributed by atoms with Gasteiger partial charge in [0.05, 0.1) is 12.0 Å². The van der Waals surface area contributed by atoms with Gasteiger partial charge in [-0.1, -0.05) is 6.07 Å². The highest BCUT2D eigenvalue weighted by atomic mass is 32.2. The summed E-state index contributed by atoms with van der Waals surface area (Å²) < 4.78 is 9.14. The maximum atomic E-state index is 5.77. The lowest BCUT2D eigenvalue weighted by Gasteiger charge is -2.06. The van der Waals surface area contributed by atoms with E-state index in [0.29, 0.717) is 18.2 Å². The first-order valence-electron chi connectivity index (χ1n) is 5.26. The van der Waals surface area contributed by atoms with E-state index in [-0.39, 0.29) is 0 Å². The minimum Gasteiger partial charge on any atom is -0.481 e. The van der Waals surface area contributed by atoms with Crippen molar-refractivity contribution in [2.75, 3.05) is 24.4 Å². The van der Waals surface area contributed by atoms with Crippen molar-refractivity contribution >= 4 is 34.1 Å². The molecule has 0 aliphatic carbocycles. The molecule has 5 nitrogen and oxygen atoms in total. The monoisotopic (exact) mass is 282 g/mol. The van der Waals surface area contributed by atoms with E-state index in [2.05, 4.69) is 14.7 Å². The molecule has 3 N–H and O–H groups in total. The molecule has 7 heteroatoms. The first kappa shape index (κ1) is 13.0. The molecule has 2 heterocycles. The molecular weight excluding hydrogens is 268 g/mol. The van der Waals surface area contributed by atoms with Crippen LogP contribution in [0, 0.1) is 0 Å². The third kappa shape index (κ3) is 2.85. The Labute approximate surface area is 114 Å². The zero-order valence-electron chi connectivity index (χ0n) is 10.1. The molecule has 0 saturated heterocycles. The Kier molecular flexibility index (Phi) is 4.27. The van der Waals surface area contributed by atoms with Crippen LogP contribution in [0.25, 0.3) is 0 Å². The third-order valence-corrected chi connectivity index (χ3v) is 4.11. The molecule has 0 aliphatic rings. The molecule has 0 spiro atoms. The van der Waals surface area contributed by atoms with Crippen LogP contribution in [-0.4, -0.2) is 22.7 Å². The molecule has 0 aromatic carbocycles. The van der Waals surface area contributed by atoms with E-state index in [1.807, 2.05) is 18.4 Å². The number of nitrogens with one attached hydrogen (secondary N) is 1. The zero-order valence-corrected chi connectivity index (χ0v) is 11.8. The van der Waals surface area contributed by atoms with Crippen molar-refractivity contribution in [3.63, 3.8) is 0 Å². The molecule has 2 rings (SSSR count). The third-order valence-electron chi connectivity index (χ3n) is 2.34. The summed E-state index contributed by atoms with van der Waals surface area (Å²) >= 11 is 2.97. The number of aromatic nitrogens is 2. The Balaban J connectivity index is 2.02. The summed E-state index contributed by atoms with van der Waals surface area (Å²) in [5, 5.41) is 4.31. The smallest absolute Gasteiger partial charge is 0.212 e. The molecular formula is C11H14N4OS2. The summed E-state index contributed by atoms with van der Waals surface area (Å²) in [5.74, 6) is 1.20. The van der Waals surface area contributed by atoms with Crippen LogP contribution in [-0.2, 0) is 6.54 Å². The predicted octanol–water partition coefficient (Wildman–Crippen LogP) is 2.46. The van der Waals surface area contributed by atoms with Crippen LogP contribution in [0.4, 0.5) is 10.8 Å². The van der Waals surface area contributed by atoms with Crippen molar-refractivity contribution in [2.24, 2.45) is 0 Å². The fraction of sp³-hybridized carbons (Fsp3) is 0.273. The number of rotatable bonds is 5. The molecule has 0 amide bonds.